The number of thiocarbonyl (C=S) groups is 1. The molecule has 2 rings (SSSR count). The van der Waals surface area contributed by atoms with Crippen molar-refractivity contribution in [3.05, 3.63) is 0 Å². The predicted molar refractivity (Wildman–Crippen MR) is 58.4 cm³/mol. The molecule has 1 saturated carbocycles. The maximum atomic E-state index is 11.7. The Morgan fingerprint density at radius 2 is 2.14 bits per heavy atom. The lowest BCUT2D eigenvalue weighted by atomic mass is 10.2. The normalized spacial score (nSPS) is 28.9. The Bertz CT molecular complexity index is 348. The molecule has 0 aromatic heterocycles. The van der Waals surface area contributed by atoms with Crippen LogP contribution < -0.4 is 5.73 Å². The van der Waals surface area contributed by atoms with E-state index in [4.69, 9.17) is 18.0 Å². The summed E-state index contributed by atoms with van der Waals surface area (Å²) >= 11 is 4.94. The maximum Gasteiger partial charge on any atom is 0.214 e. The van der Waals surface area contributed by atoms with E-state index in [2.05, 4.69) is 0 Å². The van der Waals surface area contributed by atoms with Crippen molar-refractivity contribution in [1.82, 2.24) is 4.31 Å². The van der Waals surface area contributed by atoms with Crippen LogP contribution in [0.25, 0.3) is 0 Å². The minimum atomic E-state index is -3.07. The van der Waals surface area contributed by atoms with E-state index in [9.17, 15) is 8.42 Å². The highest BCUT2D eigenvalue weighted by molar-refractivity contribution is 7.89. The Hall–Kier alpha value is -0.200. The maximum absolute atomic E-state index is 11.7. The summed E-state index contributed by atoms with van der Waals surface area (Å²) in [4.78, 5) is 0.331. The summed E-state index contributed by atoms with van der Waals surface area (Å²) in [5, 5.41) is 0. The lowest BCUT2D eigenvalue weighted by Gasteiger charge is -2.25. The minimum absolute atomic E-state index is 0.211. The molecule has 2 N–H and O–H groups in total. The molecule has 2 aliphatic rings. The number of rotatable bonds is 3. The van der Waals surface area contributed by atoms with Gasteiger partial charge in [0.25, 0.3) is 0 Å². The second kappa shape index (κ2) is 3.43. The van der Waals surface area contributed by atoms with E-state index in [1.807, 2.05) is 0 Å². The zero-order chi connectivity index (χ0) is 10.3. The van der Waals surface area contributed by atoms with Gasteiger partial charge in [-0.1, -0.05) is 12.2 Å². The van der Waals surface area contributed by atoms with Gasteiger partial charge in [-0.2, -0.15) is 4.31 Å². The molecule has 1 atom stereocenters. The summed E-state index contributed by atoms with van der Waals surface area (Å²) in [6, 6.07) is -0.211. The summed E-state index contributed by atoms with van der Waals surface area (Å²) in [7, 11) is -3.07. The summed E-state index contributed by atoms with van der Waals surface area (Å²) in [6.07, 6.45) is 2.80. The Morgan fingerprint density at radius 1 is 1.50 bits per heavy atom. The van der Waals surface area contributed by atoms with E-state index < -0.39 is 10.0 Å². The number of nitrogens with zero attached hydrogens (tertiary/aromatic N) is 1. The van der Waals surface area contributed by atoms with Gasteiger partial charge in [0.15, 0.2) is 0 Å². The highest BCUT2D eigenvalue weighted by Crippen LogP contribution is 2.37. The third-order valence-electron chi connectivity index (χ3n) is 2.81. The van der Waals surface area contributed by atoms with Crippen molar-refractivity contribution >= 4 is 27.2 Å². The summed E-state index contributed by atoms with van der Waals surface area (Å²) < 4.78 is 24.8. The molecule has 1 aliphatic carbocycles. The molecule has 1 unspecified atom stereocenters. The first-order chi connectivity index (χ1) is 6.52. The molecular formula is C8H14N2O2S2. The molecule has 6 heteroatoms. The smallest absolute Gasteiger partial charge is 0.214 e. The number of hydrogen-bond acceptors (Lipinski definition) is 3. The van der Waals surface area contributed by atoms with Crippen molar-refractivity contribution in [3.63, 3.8) is 0 Å². The quantitative estimate of drug-likeness (QED) is 0.703. The fraction of sp³-hybridized carbons (Fsp3) is 0.875. The van der Waals surface area contributed by atoms with Crippen LogP contribution in [0.3, 0.4) is 0 Å². The van der Waals surface area contributed by atoms with E-state index in [1.165, 1.54) is 4.31 Å². The number of nitrogens with two attached hydrogens (primary N) is 1. The molecular weight excluding hydrogens is 220 g/mol. The van der Waals surface area contributed by atoms with Crippen LogP contribution in [0.4, 0.5) is 0 Å². The molecule has 2 fully saturated rings. The van der Waals surface area contributed by atoms with Gasteiger partial charge >= 0.3 is 0 Å². The molecule has 0 aromatic rings. The zero-order valence-electron chi connectivity index (χ0n) is 7.85. The minimum Gasteiger partial charge on any atom is -0.392 e. The highest BCUT2D eigenvalue weighted by Gasteiger charge is 2.43. The molecule has 4 nitrogen and oxygen atoms in total. The van der Waals surface area contributed by atoms with Crippen molar-refractivity contribution in [1.29, 1.82) is 0 Å². The van der Waals surface area contributed by atoms with Gasteiger partial charge < -0.3 is 5.73 Å². The number of hydrogen-bond donors (Lipinski definition) is 1. The van der Waals surface area contributed by atoms with Crippen LogP contribution in [0, 0.1) is 5.92 Å². The third-order valence-corrected chi connectivity index (χ3v) is 4.98. The van der Waals surface area contributed by atoms with Gasteiger partial charge in [-0.3, -0.25) is 0 Å². The van der Waals surface area contributed by atoms with Gasteiger partial charge in [-0.05, 0) is 25.2 Å². The van der Waals surface area contributed by atoms with Crippen LogP contribution in [0.2, 0.25) is 0 Å². The van der Waals surface area contributed by atoms with E-state index in [-0.39, 0.29) is 11.8 Å². The first kappa shape index (κ1) is 10.3. The molecule has 0 spiro atoms. The average Bonchev–Trinajstić information content (AvgIpc) is 2.80. The first-order valence-electron chi connectivity index (χ1n) is 4.81. The van der Waals surface area contributed by atoms with E-state index in [0.717, 1.165) is 12.8 Å². The molecule has 1 aliphatic heterocycles. The third kappa shape index (κ3) is 1.78. The van der Waals surface area contributed by atoms with Crippen LogP contribution in [-0.4, -0.2) is 36.1 Å². The van der Waals surface area contributed by atoms with Crippen LogP contribution in [0.5, 0.6) is 0 Å². The lowest BCUT2D eigenvalue weighted by Crippen LogP contribution is -2.46. The zero-order valence-corrected chi connectivity index (χ0v) is 9.48. The molecule has 0 amide bonds. The van der Waals surface area contributed by atoms with Gasteiger partial charge in [-0.15, -0.1) is 0 Å². The van der Waals surface area contributed by atoms with Gasteiger partial charge in [-0.25, -0.2) is 8.42 Å². The van der Waals surface area contributed by atoms with Crippen molar-refractivity contribution < 1.29 is 8.42 Å². The molecule has 0 radical (unpaired) electrons. The molecule has 0 aromatic carbocycles. The van der Waals surface area contributed by atoms with Crippen LogP contribution in [0.15, 0.2) is 0 Å². The monoisotopic (exact) mass is 234 g/mol. The van der Waals surface area contributed by atoms with Crippen molar-refractivity contribution in [3.8, 4) is 0 Å². The Labute approximate surface area is 89.5 Å². The van der Waals surface area contributed by atoms with Gasteiger partial charge in [0.05, 0.1) is 16.8 Å². The molecule has 0 bridgehead atoms. The Morgan fingerprint density at radius 3 is 2.50 bits per heavy atom. The second-order valence-corrected chi connectivity index (χ2v) is 6.48. The van der Waals surface area contributed by atoms with E-state index in [1.54, 1.807) is 0 Å². The molecule has 80 valence electrons. The van der Waals surface area contributed by atoms with Gasteiger partial charge in [0.2, 0.25) is 10.0 Å². The standard InChI is InChI=1S/C8H14N2O2S2/c9-8(13)7(6-2-3-6)10-4-1-5-14(10,11)12/h6-7H,1-5H2,(H2,9,13). The SMILES string of the molecule is NC(=S)C(C1CC1)N1CCCS1(=O)=O. The van der Waals surface area contributed by atoms with Crippen molar-refractivity contribution in [2.45, 2.75) is 25.3 Å². The van der Waals surface area contributed by atoms with Crippen LogP contribution >= 0.6 is 12.2 Å². The van der Waals surface area contributed by atoms with Crippen molar-refractivity contribution in [2.24, 2.45) is 11.7 Å². The molecule has 14 heavy (non-hydrogen) atoms. The summed E-state index contributed by atoms with van der Waals surface area (Å²) in [6.45, 7) is 0.584. The highest BCUT2D eigenvalue weighted by atomic mass is 32.2. The first-order valence-corrected chi connectivity index (χ1v) is 6.83. The molecule has 1 saturated heterocycles. The van der Waals surface area contributed by atoms with Gasteiger partial charge in [0, 0.05) is 6.54 Å². The largest absolute Gasteiger partial charge is 0.392 e. The predicted octanol–water partition coefficient (Wildman–Crippen LogP) is 0.0866. The van der Waals surface area contributed by atoms with Crippen LogP contribution in [0.1, 0.15) is 19.3 Å². The average molecular weight is 234 g/mol. The topological polar surface area (TPSA) is 63.4 Å². The fourth-order valence-corrected chi connectivity index (χ4v) is 4.15. The van der Waals surface area contributed by atoms with E-state index in [0.29, 0.717) is 23.9 Å². The Balaban J connectivity index is 2.22. The fourth-order valence-electron chi connectivity index (χ4n) is 1.99. The van der Waals surface area contributed by atoms with Gasteiger partial charge in [0.1, 0.15) is 0 Å². The molecule has 1 heterocycles. The van der Waals surface area contributed by atoms with Crippen LogP contribution in [-0.2, 0) is 10.0 Å². The Kier molecular flexibility index (Phi) is 2.53. The summed E-state index contributed by atoms with van der Waals surface area (Å²) in [5.41, 5.74) is 5.60. The second-order valence-electron chi connectivity index (χ2n) is 3.96. The summed E-state index contributed by atoms with van der Waals surface area (Å²) in [5.74, 6) is 0.624. The van der Waals surface area contributed by atoms with Crippen molar-refractivity contribution in [2.75, 3.05) is 12.3 Å². The van der Waals surface area contributed by atoms with E-state index >= 15 is 0 Å². The number of sulfonamides is 1. The lowest BCUT2D eigenvalue weighted by molar-refractivity contribution is 0.378.